The molecular weight excluding hydrogens is 418 g/mol. The smallest absolute Gasteiger partial charge is 0.253 e. The molecule has 0 radical (unpaired) electrons. The topological polar surface area (TPSA) is 45.6 Å². The van der Waals surface area contributed by atoms with Gasteiger partial charge in [0, 0.05) is 52.8 Å². The predicted molar refractivity (Wildman–Crippen MR) is 113 cm³/mol. The van der Waals surface area contributed by atoms with Crippen LogP contribution in [0.15, 0.2) is 59.1 Å². The number of fused-ring (bicyclic) bond motifs is 1. The molecule has 1 aliphatic heterocycles. The minimum absolute atomic E-state index is 0.0314. The lowest BCUT2D eigenvalue weighted by Gasteiger charge is -2.35. The monoisotopic (exact) mass is 439 g/mol. The van der Waals surface area contributed by atoms with E-state index in [4.69, 9.17) is 0 Å². The first-order valence-corrected chi connectivity index (χ1v) is 10.2. The Hall–Kier alpha value is -2.60. The molecule has 1 aliphatic rings. The van der Waals surface area contributed by atoms with Gasteiger partial charge < -0.3 is 14.4 Å². The molecule has 1 aromatic heterocycles. The van der Waals surface area contributed by atoms with Crippen LogP contribution >= 0.6 is 15.9 Å². The summed E-state index contributed by atoms with van der Waals surface area (Å²) < 4.78 is 3.10. The second kappa shape index (κ2) is 7.80. The minimum atomic E-state index is 0.0314. The number of hydrogen-bond donors (Lipinski definition) is 0. The van der Waals surface area contributed by atoms with E-state index >= 15 is 0 Å². The van der Waals surface area contributed by atoms with Gasteiger partial charge in [-0.15, -0.1) is 0 Å². The molecular formula is C22H22BrN3O2. The van der Waals surface area contributed by atoms with Crippen molar-refractivity contribution >= 4 is 38.6 Å². The van der Waals surface area contributed by atoms with E-state index in [9.17, 15) is 9.59 Å². The zero-order chi connectivity index (χ0) is 19.7. The maximum atomic E-state index is 12.9. The van der Waals surface area contributed by atoms with E-state index in [2.05, 4.69) is 26.6 Å². The molecule has 0 N–H and O–H groups in total. The lowest BCUT2D eigenvalue weighted by molar-refractivity contribution is -0.133. The van der Waals surface area contributed by atoms with Crippen molar-refractivity contribution in [1.29, 1.82) is 0 Å². The molecule has 3 aromatic rings. The molecule has 5 nitrogen and oxygen atoms in total. The number of piperazine rings is 1. The Balaban J connectivity index is 1.43. The van der Waals surface area contributed by atoms with Crippen molar-refractivity contribution in [1.82, 2.24) is 14.4 Å². The Labute approximate surface area is 172 Å². The maximum absolute atomic E-state index is 12.9. The predicted octanol–water partition coefficient (Wildman–Crippen LogP) is 3.70. The summed E-state index contributed by atoms with van der Waals surface area (Å²) in [5.41, 5.74) is 2.80. The van der Waals surface area contributed by atoms with Crippen molar-refractivity contribution in [2.75, 3.05) is 26.2 Å². The van der Waals surface area contributed by atoms with Gasteiger partial charge in [0.2, 0.25) is 5.91 Å². The fraction of sp³-hybridized carbons (Fsp3) is 0.273. The Kier molecular flexibility index (Phi) is 5.22. The molecule has 0 aliphatic carbocycles. The Morgan fingerprint density at radius 3 is 2.21 bits per heavy atom. The molecule has 1 fully saturated rings. The van der Waals surface area contributed by atoms with Crippen molar-refractivity contribution in [3.05, 3.63) is 70.3 Å². The highest BCUT2D eigenvalue weighted by Gasteiger charge is 2.25. The molecule has 0 unspecified atom stereocenters. The fourth-order valence-electron chi connectivity index (χ4n) is 3.75. The van der Waals surface area contributed by atoms with Gasteiger partial charge >= 0.3 is 0 Å². The molecule has 144 valence electrons. The van der Waals surface area contributed by atoms with Crippen LogP contribution in [0, 0.1) is 6.92 Å². The highest BCUT2D eigenvalue weighted by Crippen LogP contribution is 2.30. The number of nitrogens with zero attached hydrogens (tertiary/aromatic N) is 3. The van der Waals surface area contributed by atoms with Gasteiger partial charge in [-0.1, -0.05) is 36.4 Å². The van der Waals surface area contributed by atoms with Crippen LogP contribution in [0.2, 0.25) is 0 Å². The summed E-state index contributed by atoms with van der Waals surface area (Å²) in [7, 11) is 0. The van der Waals surface area contributed by atoms with E-state index < -0.39 is 0 Å². The SMILES string of the molecule is Cc1c(Br)c2ccccc2n1CC(=O)N1CCN(C(=O)c2ccccc2)CC1. The van der Waals surface area contributed by atoms with Crippen LogP contribution in [0.5, 0.6) is 0 Å². The third kappa shape index (κ3) is 3.44. The first-order valence-electron chi connectivity index (χ1n) is 9.41. The van der Waals surface area contributed by atoms with E-state index in [1.165, 1.54) is 0 Å². The number of aromatic nitrogens is 1. The highest BCUT2D eigenvalue weighted by atomic mass is 79.9. The van der Waals surface area contributed by atoms with Gasteiger partial charge in [0.15, 0.2) is 0 Å². The quantitative estimate of drug-likeness (QED) is 0.624. The van der Waals surface area contributed by atoms with Crippen LogP contribution in [0.1, 0.15) is 16.1 Å². The second-order valence-corrected chi connectivity index (χ2v) is 7.83. The molecule has 0 saturated carbocycles. The number of hydrogen-bond acceptors (Lipinski definition) is 2. The van der Waals surface area contributed by atoms with Crippen LogP contribution in [-0.2, 0) is 11.3 Å². The number of benzene rings is 2. The van der Waals surface area contributed by atoms with Crippen LogP contribution < -0.4 is 0 Å². The van der Waals surface area contributed by atoms with Gasteiger partial charge in [-0.2, -0.15) is 0 Å². The molecule has 28 heavy (non-hydrogen) atoms. The summed E-state index contributed by atoms with van der Waals surface area (Å²) in [4.78, 5) is 29.2. The molecule has 0 spiro atoms. The second-order valence-electron chi connectivity index (χ2n) is 7.04. The lowest BCUT2D eigenvalue weighted by atomic mass is 10.2. The first kappa shape index (κ1) is 18.7. The van der Waals surface area contributed by atoms with Crippen molar-refractivity contribution in [3.8, 4) is 0 Å². The number of rotatable bonds is 3. The average Bonchev–Trinajstić information content (AvgIpc) is 2.99. The molecule has 0 bridgehead atoms. The van der Waals surface area contributed by atoms with Crippen LogP contribution in [-0.4, -0.2) is 52.4 Å². The van der Waals surface area contributed by atoms with Crippen molar-refractivity contribution in [2.24, 2.45) is 0 Å². The summed E-state index contributed by atoms with van der Waals surface area (Å²) in [6.07, 6.45) is 0. The molecule has 0 atom stereocenters. The number of carbonyl (C=O) groups excluding carboxylic acids is 2. The van der Waals surface area contributed by atoms with Gasteiger partial charge in [-0.05, 0) is 41.1 Å². The number of carbonyl (C=O) groups is 2. The average molecular weight is 440 g/mol. The third-order valence-electron chi connectivity index (χ3n) is 5.39. The summed E-state index contributed by atoms with van der Waals surface area (Å²) in [6.45, 7) is 4.59. The van der Waals surface area contributed by atoms with Crippen LogP contribution in [0.25, 0.3) is 10.9 Å². The van der Waals surface area contributed by atoms with Gasteiger partial charge in [-0.3, -0.25) is 9.59 Å². The summed E-state index contributed by atoms with van der Waals surface area (Å²) in [6, 6.07) is 17.4. The normalized spacial score (nSPS) is 14.5. The molecule has 6 heteroatoms. The lowest BCUT2D eigenvalue weighted by Crippen LogP contribution is -2.51. The highest BCUT2D eigenvalue weighted by molar-refractivity contribution is 9.10. The van der Waals surface area contributed by atoms with E-state index in [1.54, 1.807) is 0 Å². The number of amides is 2. The van der Waals surface area contributed by atoms with Crippen molar-refractivity contribution < 1.29 is 9.59 Å². The number of halogens is 1. The van der Waals surface area contributed by atoms with Gasteiger partial charge in [0.05, 0.1) is 0 Å². The van der Waals surface area contributed by atoms with Crippen LogP contribution in [0.3, 0.4) is 0 Å². The van der Waals surface area contributed by atoms with Gasteiger partial charge in [-0.25, -0.2) is 0 Å². The zero-order valence-corrected chi connectivity index (χ0v) is 17.4. The first-order chi connectivity index (χ1) is 13.6. The summed E-state index contributed by atoms with van der Waals surface area (Å²) in [5.74, 6) is 0.118. The molecule has 4 rings (SSSR count). The molecule has 2 amide bonds. The van der Waals surface area contributed by atoms with Gasteiger partial charge in [0.25, 0.3) is 5.91 Å². The van der Waals surface area contributed by atoms with E-state index in [-0.39, 0.29) is 11.8 Å². The Bertz CT molecular complexity index is 1020. The van der Waals surface area contributed by atoms with Crippen LogP contribution in [0.4, 0.5) is 0 Å². The molecule has 1 saturated heterocycles. The van der Waals surface area contributed by atoms with E-state index in [0.717, 1.165) is 21.1 Å². The van der Waals surface area contributed by atoms with E-state index in [1.807, 2.05) is 65.3 Å². The van der Waals surface area contributed by atoms with Crippen molar-refractivity contribution in [3.63, 3.8) is 0 Å². The minimum Gasteiger partial charge on any atom is -0.338 e. The van der Waals surface area contributed by atoms with Crippen molar-refractivity contribution in [2.45, 2.75) is 13.5 Å². The van der Waals surface area contributed by atoms with Gasteiger partial charge in [0.1, 0.15) is 6.54 Å². The standard InChI is InChI=1S/C22H22BrN3O2/c1-16-21(23)18-9-5-6-10-19(18)26(16)15-20(27)24-11-13-25(14-12-24)22(28)17-7-3-2-4-8-17/h2-10H,11-15H2,1H3. The Morgan fingerprint density at radius 1 is 0.893 bits per heavy atom. The Morgan fingerprint density at radius 2 is 1.50 bits per heavy atom. The third-order valence-corrected chi connectivity index (χ3v) is 6.39. The molecule has 2 heterocycles. The largest absolute Gasteiger partial charge is 0.338 e. The molecule has 2 aromatic carbocycles. The number of para-hydroxylation sites is 1. The summed E-state index contributed by atoms with van der Waals surface area (Å²) >= 11 is 3.64. The van der Waals surface area contributed by atoms with E-state index in [0.29, 0.717) is 38.3 Å². The fourth-order valence-corrected chi connectivity index (χ4v) is 4.30. The maximum Gasteiger partial charge on any atom is 0.253 e. The zero-order valence-electron chi connectivity index (χ0n) is 15.8. The summed E-state index contributed by atoms with van der Waals surface area (Å²) in [5, 5.41) is 1.12.